The number of aromatic nitrogens is 2. The summed E-state index contributed by atoms with van der Waals surface area (Å²) in [6, 6.07) is 6.90. The lowest BCUT2D eigenvalue weighted by atomic mass is 9.92. The number of aryl methyl sites for hydroxylation is 1. The first-order chi connectivity index (χ1) is 9.13. The molecule has 0 atom stereocenters. The van der Waals surface area contributed by atoms with Gasteiger partial charge in [-0.25, -0.2) is 4.98 Å². The minimum Gasteiger partial charge on any atom is -0.393 e. The zero-order valence-corrected chi connectivity index (χ0v) is 11.6. The van der Waals surface area contributed by atoms with Crippen LogP contribution in [0.15, 0.2) is 18.2 Å². The van der Waals surface area contributed by atoms with Crippen molar-refractivity contribution in [3.05, 3.63) is 24.0 Å². The van der Waals surface area contributed by atoms with Crippen LogP contribution >= 0.6 is 0 Å². The maximum Gasteiger partial charge on any atom is 0.104 e. The first-order valence-corrected chi connectivity index (χ1v) is 7.01. The first-order valence-electron chi connectivity index (χ1n) is 7.01. The Morgan fingerprint density at radius 1 is 1.26 bits per heavy atom. The second-order valence-corrected chi connectivity index (χ2v) is 5.60. The molecule has 2 aromatic rings. The Hall–Kier alpha value is -1.55. The summed E-state index contributed by atoms with van der Waals surface area (Å²) in [4.78, 5) is 10.0. The van der Waals surface area contributed by atoms with Gasteiger partial charge >= 0.3 is 0 Å². The summed E-state index contributed by atoms with van der Waals surface area (Å²) >= 11 is 0. The van der Waals surface area contributed by atoms with Gasteiger partial charge in [0.2, 0.25) is 0 Å². The number of rotatable bonds is 2. The number of H-pyrrole nitrogens is 1. The highest BCUT2D eigenvalue weighted by Crippen LogP contribution is 2.28. The fraction of sp³-hybridized carbons (Fsp3) is 0.533. The van der Waals surface area contributed by atoms with E-state index in [0.29, 0.717) is 6.04 Å². The van der Waals surface area contributed by atoms with Crippen LogP contribution in [0.25, 0.3) is 11.0 Å². The van der Waals surface area contributed by atoms with Crippen LogP contribution < -0.4 is 4.90 Å². The molecular weight excluding hydrogens is 238 g/mol. The Balaban J connectivity index is 1.82. The van der Waals surface area contributed by atoms with Crippen molar-refractivity contribution in [1.29, 1.82) is 0 Å². The average Bonchev–Trinajstić information content (AvgIpc) is 2.77. The van der Waals surface area contributed by atoms with E-state index in [1.165, 1.54) is 5.69 Å². The molecule has 102 valence electrons. The van der Waals surface area contributed by atoms with Crippen molar-refractivity contribution in [3.63, 3.8) is 0 Å². The Bertz CT molecular complexity index is 570. The predicted octanol–water partition coefficient (Wildman–Crippen LogP) is 2.61. The van der Waals surface area contributed by atoms with Gasteiger partial charge < -0.3 is 15.0 Å². The molecule has 0 spiro atoms. The summed E-state index contributed by atoms with van der Waals surface area (Å²) in [5.41, 5.74) is 3.34. The minimum absolute atomic E-state index is 0.0950. The van der Waals surface area contributed by atoms with Crippen molar-refractivity contribution in [2.45, 2.75) is 44.8 Å². The number of anilines is 1. The van der Waals surface area contributed by atoms with Gasteiger partial charge in [0.15, 0.2) is 0 Å². The number of benzene rings is 1. The van der Waals surface area contributed by atoms with Crippen LogP contribution in [-0.2, 0) is 0 Å². The van der Waals surface area contributed by atoms with E-state index < -0.39 is 0 Å². The lowest BCUT2D eigenvalue weighted by Crippen LogP contribution is -2.36. The molecule has 1 aromatic heterocycles. The number of nitrogens with one attached hydrogen (secondary N) is 1. The summed E-state index contributed by atoms with van der Waals surface area (Å²) in [7, 11) is 2.15. The topological polar surface area (TPSA) is 52.1 Å². The van der Waals surface area contributed by atoms with E-state index in [1.807, 2.05) is 6.92 Å². The van der Waals surface area contributed by atoms with Crippen molar-refractivity contribution in [2.24, 2.45) is 0 Å². The molecule has 0 aliphatic heterocycles. The molecule has 4 nitrogen and oxygen atoms in total. The molecule has 1 aromatic carbocycles. The van der Waals surface area contributed by atoms with Crippen molar-refractivity contribution in [3.8, 4) is 0 Å². The molecule has 1 aliphatic carbocycles. The number of fused-ring (bicyclic) bond motifs is 1. The third kappa shape index (κ3) is 2.45. The Morgan fingerprint density at radius 2 is 2.00 bits per heavy atom. The van der Waals surface area contributed by atoms with Crippen molar-refractivity contribution >= 4 is 16.7 Å². The fourth-order valence-corrected chi connectivity index (χ4v) is 3.00. The molecule has 0 radical (unpaired) electrons. The molecule has 4 heteroatoms. The minimum atomic E-state index is -0.0950. The molecule has 1 saturated carbocycles. The third-order valence-electron chi connectivity index (χ3n) is 4.21. The SMILES string of the molecule is Cc1nc2ccc(N(C)C3CCC(O)CC3)cc2[nH]1. The second kappa shape index (κ2) is 4.85. The van der Waals surface area contributed by atoms with Gasteiger partial charge in [-0.3, -0.25) is 0 Å². The predicted molar refractivity (Wildman–Crippen MR) is 77.5 cm³/mol. The van der Waals surface area contributed by atoms with Crippen LogP contribution in [0.4, 0.5) is 5.69 Å². The molecule has 19 heavy (non-hydrogen) atoms. The second-order valence-electron chi connectivity index (χ2n) is 5.60. The van der Waals surface area contributed by atoms with E-state index in [9.17, 15) is 5.11 Å². The highest BCUT2D eigenvalue weighted by molar-refractivity contribution is 5.79. The molecule has 0 amide bonds. The number of hydrogen-bond acceptors (Lipinski definition) is 3. The van der Waals surface area contributed by atoms with Crippen LogP contribution in [0.5, 0.6) is 0 Å². The number of aliphatic hydroxyl groups is 1. The smallest absolute Gasteiger partial charge is 0.104 e. The summed E-state index contributed by atoms with van der Waals surface area (Å²) < 4.78 is 0. The normalized spacial score (nSPS) is 23.7. The summed E-state index contributed by atoms with van der Waals surface area (Å²) in [6.07, 6.45) is 3.87. The van der Waals surface area contributed by atoms with Crippen molar-refractivity contribution in [2.75, 3.05) is 11.9 Å². The van der Waals surface area contributed by atoms with Crippen LogP contribution in [-0.4, -0.2) is 34.3 Å². The number of nitrogens with zero attached hydrogens (tertiary/aromatic N) is 2. The Labute approximate surface area is 113 Å². The molecule has 0 unspecified atom stereocenters. The van der Waals surface area contributed by atoms with E-state index >= 15 is 0 Å². The molecule has 0 saturated heterocycles. The third-order valence-corrected chi connectivity index (χ3v) is 4.21. The standard InChI is InChI=1S/C15H21N3O/c1-10-16-14-8-5-12(9-15(14)17-10)18(2)11-3-6-13(19)7-4-11/h5,8-9,11,13,19H,3-4,6-7H2,1-2H3,(H,16,17). The van der Waals surface area contributed by atoms with Gasteiger partial charge in [0, 0.05) is 18.8 Å². The lowest BCUT2D eigenvalue weighted by Gasteiger charge is -2.34. The first kappa shape index (κ1) is 12.5. The van der Waals surface area contributed by atoms with Gasteiger partial charge in [0.1, 0.15) is 5.82 Å². The van der Waals surface area contributed by atoms with Gasteiger partial charge in [-0.1, -0.05) is 0 Å². The largest absolute Gasteiger partial charge is 0.393 e. The molecule has 0 bridgehead atoms. The van der Waals surface area contributed by atoms with Crippen molar-refractivity contribution < 1.29 is 5.11 Å². The van der Waals surface area contributed by atoms with Crippen molar-refractivity contribution in [1.82, 2.24) is 9.97 Å². The van der Waals surface area contributed by atoms with Crippen LogP contribution in [0.2, 0.25) is 0 Å². The highest BCUT2D eigenvalue weighted by Gasteiger charge is 2.23. The summed E-state index contributed by atoms with van der Waals surface area (Å²) in [5, 5.41) is 9.59. The van der Waals surface area contributed by atoms with E-state index in [1.54, 1.807) is 0 Å². The number of aromatic amines is 1. The van der Waals surface area contributed by atoms with Gasteiger partial charge in [0.25, 0.3) is 0 Å². The van der Waals surface area contributed by atoms with Gasteiger partial charge in [-0.05, 0) is 50.8 Å². The Morgan fingerprint density at radius 3 is 2.74 bits per heavy atom. The van der Waals surface area contributed by atoms with Crippen LogP contribution in [0.3, 0.4) is 0 Å². The van der Waals surface area contributed by atoms with E-state index in [4.69, 9.17) is 0 Å². The zero-order valence-electron chi connectivity index (χ0n) is 11.6. The summed E-state index contributed by atoms with van der Waals surface area (Å²) in [6.45, 7) is 1.98. The van der Waals surface area contributed by atoms with E-state index in [2.05, 4.69) is 40.1 Å². The Kier molecular flexibility index (Phi) is 3.19. The highest BCUT2D eigenvalue weighted by atomic mass is 16.3. The van der Waals surface area contributed by atoms with Gasteiger partial charge in [-0.15, -0.1) is 0 Å². The molecule has 3 rings (SSSR count). The molecule has 1 aliphatic rings. The molecular formula is C15H21N3O. The van der Waals surface area contributed by atoms with Gasteiger partial charge in [0.05, 0.1) is 17.1 Å². The monoisotopic (exact) mass is 259 g/mol. The van der Waals surface area contributed by atoms with Gasteiger partial charge in [-0.2, -0.15) is 0 Å². The molecule has 2 N–H and O–H groups in total. The average molecular weight is 259 g/mol. The quantitative estimate of drug-likeness (QED) is 0.871. The van der Waals surface area contributed by atoms with Crippen LogP contribution in [0.1, 0.15) is 31.5 Å². The summed E-state index contributed by atoms with van der Waals surface area (Å²) in [5.74, 6) is 0.954. The molecule has 1 fully saturated rings. The van der Waals surface area contributed by atoms with E-state index in [-0.39, 0.29) is 6.10 Å². The lowest BCUT2D eigenvalue weighted by molar-refractivity contribution is 0.122. The van der Waals surface area contributed by atoms with Crippen LogP contribution in [0, 0.1) is 6.92 Å². The maximum absolute atomic E-state index is 9.59. The maximum atomic E-state index is 9.59. The number of hydrogen-bond donors (Lipinski definition) is 2. The number of imidazole rings is 1. The van der Waals surface area contributed by atoms with E-state index in [0.717, 1.165) is 42.5 Å². The fourth-order valence-electron chi connectivity index (χ4n) is 3.00. The molecule has 1 heterocycles. The number of aliphatic hydroxyl groups excluding tert-OH is 1. The zero-order chi connectivity index (χ0) is 13.4.